The standard InChI is InChI=1S/C122H139BN4/c1-112(2,3)77-46-42-74(43-47-77)92-65-84(119(22,23)24)67-94(76-60-82(117(16,17)18)62-83(61-76)118(19,20)21)110(92)126-105-73-88(125-103-58-51-79(114(7,8)9)63-95(103)96-64-80(115(10,11)12)52-59-104(96)125)54-57-99(105)123-100-56-53-87(124-101-40-36-34-38-90(101)91-39-35-37-41-102(91)124)72-106(100)127(108-71-86(121(28,29)30)70-107(126)109(108)123)111-93(75-44-48-78(49-45-75)113(4,5)6)66-85(120(25,26)27)68-97(111)89-55-50-81(116(13,14)15)69-98(89)122(31,32)33/h34-73H,1-33H3/i34D,35D,36D,37D,38D,39D,40D,41D. The second-order valence-corrected chi connectivity index (χ2v) is 48.4. The van der Waals surface area contributed by atoms with E-state index in [2.05, 4.69) is 431 Å². The molecule has 2 aromatic heterocycles. The van der Waals surface area contributed by atoms with Crippen molar-refractivity contribution in [2.24, 2.45) is 0 Å². The molecule has 0 atom stereocenters. The second-order valence-electron chi connectivity index (χ2n) is 48.4. The van der Waals surface area contributed by atoms with Gasteiger partial charge in [0.25, 0.3) is 6.71 Å². The third-order valence-corrected chi connectivity index (χ3v) is 27.4. The van der Waals surface area contributed by atoms with Crippen molar-refractivity contribution < 1.29 is 11.0 Å². The first kappa shape index (κ1) is 78.4. The minimum atomic E-state index is -0.564. The fraction of sp³-hybridized carbons (Fsp3) is 0.361. The maximum atomic E-state index is 10.2. The molecule has 0 amide bonds. The lowest BCUT2D eigenvalue weighted by Gasteiger charge is -2.47. The average Bonchev–Trinajstić information content (AvgIpc) is 1.31. The first-order valence-electron chi connectivity index (χ1n) is 50.3. The Morgan fingerprint density at radius 3 is 0.913 bits per heavy atom. The van der Waals surface area contributed by atoms with Gasteiger partial charge < -0.3 is 18.9 Å². The molecule has 0 N–H and O–H groups in total. The number of fused-ring (bicyclic) bond motifs is 10. The molecular weight excluding hydrogens is 1530 g/mol. The Morgan fingerprint density at radius 2 is 0.535 bits per heavy atom. The van der Waals surface area contributed by atoms with Gasteiger partial charge in [0.2, 0.25) is 0 Å². The smallest absolute Gasteiger partial charge is 0.252 e. The third kappa shape index (κ3) is 15.7. The predicted octanol–water partition coefficient (Wildman–Crippen LogP) is 32.9. The zero-order valence-corrected chi connectivity index (χ0v) is 82.3. The van der Waals surface area contributed by atoms with Crippen LogP contribution in [0.15, 0.2) is 242 Å². The molecule has 650 valence electrons. The molecule has 0 unspecified atom stereocenters. The number of aromatic nitrogens is 2. The van der Waals surface area contributed by atoms with Crippen LogP contribution in [0.4, 0.5) is 34.1 Å². The van der Waals surface area contributed by atoms with Crippen molar-refractivity contribution in [3.05, 3.63) is 304 Å². The van der Waals surface area contributed by atoms with Gasteiger partial charge in [0.05, 0.1) is 44.4 Å². The topological polar surface area (TPSA) is 16.3 Å². The maximum Gasteiger partial charge on any atom is 0.252 e. The summed E-state index contributed by atoms with van der Waals surface area (Å²) in [6.45, 7) is 76.1. The minimum absolute atomic E-state index is 0.0145. The van der Waals surface area contributed by atoms with Gasteiger partial charge >= 0.3 is 0 Å². The van der Waals surface area contributed by atoms with Crippen LogP contribution in [0.25, 0.3) is 99.5 Å². The van der Waals surface area contributed by atoms with Gasteiger partial charge in [-0.05, 0) is 256 Å². The summed E-state index contributed by atoms with van der Waals surface area (Å²) in [5.74, 6) is 0. The van der Waals surface area contributed by atoms with E-state index in [1.165, 1.54) is 60.8 Å². The number of anilines is 6. The van der Waals surface area contributed by atoms with Gasteiger partial charge in [0.1, 0.15) is 0 Å². The lowest BCUT2D eigenvalue weighted by Crippen LogP contribution is -2.61. The zero-order valence-electron chi connectivity index (χ0n) is 90.3. The van der Waals surface area contributed by atoms with E-state index in [0.29, 0.717) is 5.69 Å². The van der Waals surface area contributed by atoms with Gasteiger partial charge in [-0.1, -0.05) is 374 Å². The van der Waals surface area contributed by atoms with Gasteiger partial charge in [-0.3, -0.25) is 0 Å². The lowest BCUT2D eigenvalue weighted by molar-refractivity contribution is 0.568. The normalized spacial score (nSPS) is 14.9. The van der Waals surface area contributed by atoms with Crippen molar-refractivity contribution in [3.8, 4) is 55.9 Å². The summed E-state index contributed by atoms with van der Waals surface area (Å²) in [6, 6.07) is 72.9. The van der Waals surface area contributed by atoms with Crippen LogP contribution in [0, 0.1) is 0 Å². The second kappa shape index (κ2) is 29.9. The maximum absolute atomic E-state index is 10.2. The zero-order chi connectivity index (χ0) is 98.6. The summed E-state index contributed by atoms with van der Waals surface area (Å²) >= 11 is 0. The van der Waals surface area contributed by atoms with Crippen molar-refractivity contribution in [3.63, 3.8) is 0 Å². The molecule has 0 saturated heterocycles. The molecule has 0 aliphatic carbocycles. The highest BCUT2D eigenvalue weighted by Gasteiger charge is 2.48. The minimum Gasteiger partial charge on any atom is -0.310 e. The van der Waals surface area contributed by atoms with Crippen LogP contribution in [-0.4, -0.2) is 15.8 Å². The molecule has 2 aliphatic heterocycles. The molecule has 4 nitrogen and oxygen atoms in total. The van der Waals surface area contributed by atoms with Crippen molar-refractivity contribution in [2.75, 3.05) is 9.80 Å². The van der Waals surface area contributed by atoms with Crippen LogP contribution >= 0.6 is 0 Å². The van der Waals surface area contributed by atoms with Gasteiger partial charge in [0.15, 0.2) is 0 Å². The molecule has 5 heteroatoms. The molecular formula is C122H139BN4. The molecule has 0 fully saturated rings. The highest BCUT2D eigenvalue weighted by atomic mass is 15.2. The number of benzene rings is 13. The van der Waals surface area contributed by atoms with E-state index < -0.39 is 47.1 Å². The number of nitrogens with zero attached hydrogens (tertiary/aromatic N) is 4. The van der Waals surface area contributed by atoms with Gasteiger partial charge in [0, 0.05) is 77.9 Å². The monoisotopic (exact) mass is 1680 g/mol. The van der Waals surface area contributed by atoms with Crippen LogP contribution in [0.2, 0.25) is 0 Å². The molecule has 2 aliphatic rings. The van der Waals surface area contributed by atoms with E-state index in [9.17, 15) is 11.0 Å². The van der Waals surface area contributed by atoms with Crippen LogP contribution in [0.3, 0.4) is 0 Å². The van der Waals surface area contributed by atoms with E-state index in [1.54, 1.807) is 4.57 Å². The Kier molecular flexibility index (Phi) is 18.4. The Balaban J connectivity index is 1.15. The fourth-order valence-corrected chi connectivity index (χ4v) is 19.4. The van der Waals surface area contributed by atoms with E-state index in [4.69, 9.17) is 0 Å². The SMILES string of the molecule is [2H]c1c([2H])c([2H])c2c(c1[2H])c1c([2H])c([2H])c([2H])c([2H])c1n2-c1ccc2c(c1)N(c1c(-c3ccc(C(C)(C)C)cc3)cc(C(C)(C)C)cc1-c1ccc(C(C)(C)C)cc1C(C)(C)C)c1cc(C(C)(C)C)cc3c1B2c1ccc(-n2c4ccc(C(C)(C)C)cc4c4cc(C(C)(C)C)ccc42)cc1N3c1c(-c2ccc(C(C)(C)C)cc2)cc(C(C)(C)C)cc1-c1cc(C(C)(C)C)cc(C(C)(C)C)c1. The molecule has 0 radical (unpaired) electrons. The predicted molar refractivity (Wildman–Crippen MR) is 557 cm³/mol. The summed E-state index contributed by atoms with van der Waals surface area (Å²) in [4.78, 5) is 5.29. The number of rotatable bonds is 8. The van der Waals surface area contributed by atoms with Gasteiger partial charge in [-0.25, -0.2) is 0 Å². The Labute approximate surface area is 773 Å². The van der Waals surface area contributed by atoms with Crippen LogP contribution in [-0.2, 0) is 59.6 Å². The van der Waals surface area contributed by atoms with E-state index >= 15 is 0 Å². The Morgan fingerprint density at radius 1 is 0.220 bits per heavy atom. The van der Waals surface area contributed by atoms with Crippen molar-refractivity contribution in [2.45, 2.75) is 288 Å². The Hall–Kier alpha value is -10.9. The molecule has 127 heavy (non-hydrogen) atoms. The number of para-hydroxylation sites is 2. The van der Waals surface area contributed by atoms with Gasteiger partial charge in [-0.2, -0.15) is 0 Å². The summed E-state index contributed by atoms with van der Waals surface area (Å²) in [7, 11) is 0. The highest BCUT2D eigenvalue weighted by Crippen LogP contribution is 2.58. The largest absolute Gasteiger partial charge is 0.310 e. The van der Waals surface area contributed by atoms with Crippen molar-refractivity contribution in [1.82, 2.24) is 9.13 Å². The number of hydrogen-bond donors (Lipinski definition) is 0. The molecule has 17 rings (SSSR count). The van der Waals surface area contributed by atoms with E-state index in [1.807, 2.05) is 6.07 Å². The van der Waals surface area contributed by atoms with E-state index in [0.717, 1.165) is 123 Å². The lowest BCUT2D eigenvalue weighted by atomic mass is 9.33. The van der Waals surface area contributed by atoms with Gasteiger partial charge in [-0.15, -0.1) is 0 Å². The third-order valence-electron chi connectivity index (χ3n) is 27.4. The summed E-state index contributed by atoms with van der Waals surface area (Å²) in [6.07, 6.45) is 0. The quantitative estimate of drug-likeness (QED) is 0.141. The molecule has 4 heterocycles. The summed E-state index contributed by atoms with van der Waals surface area (Å²) in [5.41, 5.74) is 31.0. The van der Waals surface area contributed by atoms with Crippen LogP contribution in [0.1, 0.15) is 301 Å². The molecule has 0 spiro atoms. The van der Waals surface area contributed by atoms with Crippen LogP contribution < -0.4 is 26.2 Å². The summed E-state index contributed by atoms with van der Waals surface area (Å²) < 4.78 is 82.1. The molecule has 0 saturated carbocycles. The Bertz CT molecular complexity index is 7260. The van der Waals surface area contributed by atoms with Crippen molar-refractivity contribution >= 4 is 101 Å². The molecule has 13 aromatic carbocycles. The molecule has 0 bridgehead atoms. The molecule has 15 aromatic rings. The fourth-order valence-electron chi connectivity index (χ4n) is 19.4. The average molecular weight is 1680 g/mol. The van der Waals surface area contributed by atoms with E-state index in [-0.39, 0.29) is 89.3 Å². The number of hydrogen-bond acceptors (Lipinski definition) is 2. The van der Waals surface area contributed by atoms with Crippen molar-refractivity contribution in [1.29, 1.82) is 0 Å². The highest BCUT2D eigenvalue weighted by molar-refractivity contribution is 7.00. The van der Waals surface area contributed by atoms with Crippen LogP contribution in [0.5, 0.6) is 0 Å². The first-order valence-corrected chi connectivity index (χ1v) is 46.3. The summed E-state index contributed by atoms with van der Waals surface area (Å²) in [5, 5.41) is 2.40. The first-order chi connectivity index (χ1) is 62.2.